The van der Waals surface area contributed by atoms with E-state index in [1.54, 1.807) is 14.2 Å². The van der Waals surface area contributed by atoms with Crippen molar-refractivity contribution < 1.29 is 14.2 Å². The van der Waals surface area contributed by atoms with E-state index >= 15 is 0 Å². The van der Waals surface area contributed by atoms with Crippen molar-refractivity contribution in [2.24, 2.45) is 4.99 Å². The Kier molecular flexibility index (Phi) is 13.2. The van der Waals surface area contributed by atoms with Crippen LogP contribution in [0, 0.1) is 6.92 Å². The van der Waals surface area contributed by atoms with E-state index in [4.69, 9.17) is 14.2 Å². The molecule has 0 aliphatic heterocycles. The molecule has 6 nitrogen and oxygen atoms in total. The molecule has 0 saturated carbocycles. The summed E-state index contributed by atoms with van der Waals surface area (Å²) in [5.74, 6) is 1.70. The maximum Gasteiger partial charge on any atom is 0.191 e. The lowest BCUT2D eigenvalue weighted by Crippen LogP contribution is -2.37. The van der Waals surface area contributed by atoms with Crippen LogP contribution in [0.1, 0.15) is 43.7 Å². The molecule has 0 spiro atoms. The number of unbranched alkanes of at least 4 members (excludes halogenated alkanes) is 1. The third-order valence-corrected chi connectivity index (χ3v) is 4.04. The van der Waals surface area contributed by atoms with Crippen molar-refractivity contribution in [3.63, 3.8) is 0 Å². The van der Waals surface area contributed by atoms with Crippen LogP contribution < -0.4 is 15.4 Å². The lowest BCUT2D eigenvalue weighted by Gasteiger charge is -2.15. The highest BCUT2D eigenvalue weighted by atomic mass is 16.5. The molecule has 0 bridgehead atoms. The maximum absolute atomic E-state index is 5.93. The summed E-state index contributed by atoms with van der Waals surface area (Å²) in [4.78, 5) is 4.28. The number of guanidine groups is 1. The molecule has 0 fully saturated rings. The topological polar surface area (TPSA) is 64.1 Å². The summed E-state index contributed by atoms with van der Waals surface area (Å²) in [6.45, 7) is 8.72. The van der Waals surface area contributed by atoms with Gasteiger partial charge in [-0.05, 0) is 31.4 Å². The summed E-state index contributed by atoms with van der Waals surface area (Å²) in [6, 6.07) is 6.28. The van der Waals surface area contributed by atoms with Crippen LogP contribution >= 0.6 is 0 Å². The first kappa shape index (κ1) is 23.2. The predicted octanol–water partition coefficient (Wildman–Crippen LogP) is 3.28. The fourth-order valence-electron chi connectivity index (χ4n) is 2.46. The average Bonchev–Trinajstić information content (AvgIpc) is 2.68. The van der Waals surface area contributed by atoms with Gasteiger partial charge in [0.05, 0.1) is 6.61 Å². The SMILES string of the molecule is CCCCOCCCNC(=NC)NCc1ccc(C)cc1OCCCOC. The predicted molar refractivity (Wildman–Crippen MR) is 112 cm³/mol. The fraction of sp³-hybridized carbons (Fsp3) is 0.667. The molecule has 0 aliphatic rings. The van der Waals surface area contributed by atoms with Crippen LogP contribution in [0.25, 0.3) is 0 Å². The summed E-state index contributed by atoms with van der Waals surface area (Å²) >= 11 is 0. The van der Waals surface area contributed by atoms with Crippen molar-refractivity contribution in [1.82, 2.24) is 10.6 Å². The summed E-state index contributed by atoms with van der Waals surface area (Å²) in [6.07, 6.45) is 4.14. The quantitative estimate of drug-likeness (QED) is 0.295. The van der Waals surface area contributed by atoms with Crippen LogP contribution in [-0.4, -0.2) is 53.1 Å². The highest BCUT2D eigenvalue weighted by Crippen LogP contribution is 2.20. The first-order valence-corrected chi connectivity index (χ1v) is 9.94. The number of nitrogens with one attached hydrogen (secondary N) is 2. The van der Waals surface area contributed by atoms with Crippen molar-refractivity contribution in [3.05, 3.63) is 29.3 Å². The van der Waals surface area contributed by atoms with Gasteiger partial charge < -0.3 is 24.8 Å². The van der Waals surface area contributed by atoms with Gasteiger partial charge in [0.2, 0.25) is 0 Å². The minimum Gasteiger partial charge on any atom is -0.493 e. The Morgan fingerprint density at radius 3 is 2.59 bits per heavy atom. The van der Waals surface area contributed by atoms with E-state index in [0.717, 1.165) is 56.3 Å². The van der Waals surface area contributed by atoms with Gasteiger partial charge in [-0.1, -0.05) is 25.5 Å². The van der Waals surface area contributed by atoms with Gasteiger partial charge in [0.15, 0.2) is 5.96 Å². The van der Waals surface area contributed by atoms with Crippen molar-refractivity contribution in [2.75, 3.05) is 47.1 Å². The largest absolute Gasteiger partial charge is 0.493 e. The Morgan fingerprint density at radius 2 is 1.85 bits per heavy atom. The number of benzene rings is 1. The van der Waals surface area contributed by atoms with Crippen molar-refractivity contribution >= 4 is 5.96 Å². The number of aryl methyl sites for hydroxylation is 1. The lowest BCUT2D eigenvalue weighted by atomic mass is 10.1. The lowest BCUT2D eigenvalue weighted by molar-refractivity contribution is 0.129. The van der Waals surface area contributed by atoms with Crippen LogP contribution in [0.5, 0.6) is 5.75 Å². The average molecular weight is 380 g/mol. The molecule has 6 heteroatoms. The fourth-order valence-corrected chi connectivity index (χ4v) is 2.46. The number of aliphatic imine (C=N–C) groups is 1. The van der Waals surface area contributed by atoms with E-state index in [1.807, 2.05) is 0 Å². The van der Waals surface area contributed by atoms with Gasteiger partial charge in [-0.25, -0.2) is 0 Å². The van der Waals surface area contributed by atoms with Gasteiger partial charge >= 0.3 is 0 Å². The zero-order chi connectivity index (χ0) is 19.7. The molecule has 1 aromatic rings. The number of ether oxygens (including phenoxy) is 3. The van der Waals surface area contributed by atoms with Crippen molar-refractivity contribution in [3.8, 4) is 5.75 Å². The summed E-state index contributed by atoms with van der Waals surface area (Å²) in [5, 5.41) is 6.67. The van der Waals surface area contributed by atoms with Crippen LogP contribution in [0.3, 0.4) is 0 Å². The smallest absolute Gasteiger partial charge is 0.191 e. The van der Waals surface area contributed by atoms with E-state index in [-0.39, 0.29) is 0 Å². The molecular formula is C21H37N3O3. The molecule has 2 N–H and O–H groups in total. The summed E-state index contributed by atoms with van der Waals surface area (Å²) in [5.41, 5.74) is 2.30. The van der Waals surface area contributed by atoms with Gasteiger partial charge in [-0.2, -0.15) is 0 Å². The molecule has 27 heavy (non-hydrogen) atoms. The molecule has 0 amide bonds. The second-order valence-corrected chi connectivity index (χ2v) is 6.48. The Balaban J connectivity index is 2.38. The van der Waals surface area contributed by atoms with E-state index in [1.165, 1.54) is 12.0 Å². The van der Waals surface area contributed by atoms with Crippen LogP contribution in [0.2, 0.25) is 0 Å². The maximum atomic E-state index is 5.93. The number of nitrogens with zero attached hydrogens (tertiary/aromatic N) is 1. The minimum atomic E-state index is 0.648. The van der Waals surface area contributed by atoms with Gasteiger partial charge in [-0.15, -0.1) is 0 Å². The molecule has 154 valence electrons. The Labute approximate surface area is 164 Å². The highest BCUT2D eigenvalue weighted by Gasteiger charge is 2.06. The van der Waals surface area contributed by atoms with E-state index in [9.17, 15) is 0 Å². The zero-order valence-electron chi connectivity index (χ0n) is 17.5. The molecule has 0 radical (unpaired) electrons. The number of rotatable bonds is 14. The second kappa shape index (κ2) is 15.3. The van der Waals surface area contributed by atoms with Gasteiger partial charge in [0.1, 0.15) is 5.75 Å². The van der Waals surface area contributed by atoms with Gasteiger partial charge in [-0.3, -0.25) is 4.99 Å². The summed E-state index contributed by atoms with van der Waals surface area (Å²) in [7, 11) is 3.49. The normalized spacial score (nSPS) is 11.5. The molecular weight excluding hydrogens is 342 g/mol. The molecule has 0 aliphatic carbocycles. The second-order valence-electron chi connectivity index (χ2n) is 6.48. The monoisotopic (exact) mass is 379 g/mol. The third kappa shape index (κ3) is 10.8. The van der Waals surface area contributed by atoms with Crippen LogP contribution in [-0.2, 0) is 16.0 Å². The Bertz CT molecular complexity index is 535. The number of hydrogen-bond acceptors (Lipinski definition) is 4. The third-order valence-electron chi connectivity index (χ3n) is 4.04. The molecule has 0 atom stereocenters. The molecule has 0 aromatic heterocycles. The first-order valence-electron chi connectivity index (χ1n) is 9.94. The van der Waals surface area contributed by atoms with Crippen molar-refractivity contribution in [2.45, 2.75) is 46.1 Å². The van der Waals surface area contributed by atoms with E-state index < -0.39 is 0 Å². The number of methoxy groups -OCH3 is 1. The first-order chi connectivity index (χ1) is 13.2. The molecule has 1 aromatic carbocycles. The van der Waals surface area contributed by atoms with Crippen LogP contribution in [0.4, 0.5) is 0 Å². The van der Waals surface area contributed by atoms with Crippen LogP contribution in [0.15, 0.2) is 23.2 Å². The Hall–Kier alpha value is -1.79. The van der Waals surface area contributed by atoms with E-state index in [0.29, 0.717) is 19.8 Å². The summed E-state index contributed by atoms with van der Waals surface area (Å²) < 4.78 is 16.6. The zero-order valence-corrected chi connectivity index (χ0v) is 17.5. The van der Waals surface area contributed by atoms with Gasteiger partial charge in [0, 0.05) is 59.1 Å². The van der Waals surface area contributed by atoms with E-state index in [2.05, 4.69) is 47.7 Å². The molecule has 0 heterocycles. The molecule has 1 rings (SSSR count). The van der Waals surface area contributed by atoms with Crippen molar-refractivity contribution in [1.29, 1.82) is 0 Å². The molecule has 0 unspecified atom stereocenters. The highest BCUT2D eigenvalue weighted by molar-refractivity contribution is 5.79. The van der Waals surface area contributed by atoms with Gasteiger partial charge in [0.25, 0.3) is 0 Å². The standard InChI is InChI=1S/C21H37N3O3/c1-5-6-13-26-14-7-11-23-21(22-3)24-17-19-10-9-18(2)16-20(19)27-15-8-12-25-4/h9-10,16H,5-8,11-15,17H2,1-4H3,(H2,22,23,24). The molecule has 0 saturated heterocycles. The number of hydrogen-bond donors (Lipinski definition) is 2. The minimum absolute atomic E-state index is 0.648. The Morgan fingerprint density at radius 1 is 1.04 bits per heavy atom.